The summed E-state index contributed by atoms with van der Waals surface area (Å²) in [5, 5.41) is 6.79. The van der Waals surface area contributed by atoms with Gasteiger partial charge in [-0.15, -0.1) is 0 Å². The lowest BCUT2D eigenvalue weighted by molar-refractivity contribution is 0.0302. The van der Waals surface area contributed by atoms with Crippen LogP contribution in [0, 0.1) is 0 Å². The molecule has 2 aromatic carbocycles. The number of hydrogen-bond acceptors (Lipinski definition) is 7. The summed E-state index contributed by atoms with van der Waals surface area (Å²) in [6.07, 6.45) is 4.34. The number of amides is 1. The molecule has 8 nitrogen and oxygen atoms in total. The Kier molecular flexibility index (Phi) is 5.60. The molecule has 2 N–H and O–H groups in total. The Bertz CT molecular complexity index is 1110. The lowest BCUT2D eigenvalue weighted by atomic mass is 10.1. The molecule has 0 aliphatic carbocycles. The monoisotopic (exact) mass is 431 g/mol. The number of fused-ring (bicyclic) bond motifs is 1. The third kappa shape index (κ3) is 4.09. The third-order valence-corrected chi connectivity index (χ3v) is 5.79. The molecule has 1 saturated heterocycles. The second-order valence-corrected chi connectivity index (χ2v) is 7.83. The molecule has 2 aliphatic heterocycles. The number of methoxy groups -OCH3 is 1. The summed E-state index contributed by atoms with van der Waals surface area (Å²) in [5.74, 6) is 1.17. The van der Waals surface area contributed by atoms with Gasteiger partial charge in [-0.3, -0.25) is 9.78 Å². The van der Waals surface area contributed by atoms with Gasteiger partial charge in [0.1, 0.15) is 11.6 Å². The average Bonchev–Trinajstić information content (AvgIpc) is 3.29. The Balaban J connectivity index is 1.33. The maximum atomic E-state index is 12.8. The van der Waals surface area contributed by atoms with E-state index in [-0.39, 0.29) is 11.9 Å². The minimum absolute atomic E-state index is 0.0215. The Hall–Kier alpha value is -3.65. The predicted octanol–water partition coefficient (Wildman–Crippen LogP) is 3.41. The molecule has 5 rings (SSSR count). The van der Waals surface area contributed by atoms with Gasteiger partial charge in [0.2, 0.25) is 0 Å². The fraction of sp³-hybridized carbons (Fsp3) is 0.292. The first-order valence-corrected chi connectivity index (χ1v) is 10.7. The topological polar surface area (TPSA) is 88.6 Å². The van der Waals surface area contributed by atoms with Crippen LogP contribution in [0.4, 0.5) is 17.2 Å². The van der Waals surface area contributed by atoms with E-state index < -0.39 is 0 Å². The number of benzene rings is 2. The minimum Gasteiger partial charge on any atom is -0.495 e. The zero-order chi connectivity index (χ0) is 21.9. The van der Waals surface area contributed by atoms with Gasteiger partial charge in [-0.25, -0.2) is 4.98 Å². The minimum atomic E-state index is -0.0215. The normalized spacial score (nSPS) is 17.4. The second kappa shape index (κ2) is 8.84. The van der Waals surface area contributed by atoms with Gasteiger partial charge in [-0.2, -0.15) is 0 Å². The summed E-state index contributed by atoms with van der Waals surface area (Å²) in [6, 6.07) is 13.8. The van der Waals surface area contributed by atoms with Gasteiger partial charge in [-0.1, -0.05) is 18.2 Å². The van der Waals surface area contributed by atoms with E-state index in [1.54, 1.807) is 36.5 Å². The predicted molar refractivity (Wildman–Crippen MR) is 122 cm³/mol. The van der Waals surface area contributed by atoms with E-state index in [9.17, 15) is 4.79 Å². The van der Waals surface area contributed by atoms with Crippen LogP contribution in [0.25, 0.3) is 0 Å². The van der Waals surface area contributed by atoms with Crippen molar-refractivity contribution in [2.45, 2.75) is 12.5 Å². The molecule has 3 heterocycles. The lowest BCUT2D eigenvalue weighted by Crippen LogP contribution is -2.40. The van der Waals surface area contributed by atoms with Crippen molar-refractivity contribution in [2.75, 3.05) is 44.0 Å². The van der Waals surface area contributed by atoms with Crippen LogP contribution in [-0.4, -0.2) is 54.2 Å². The van der Waals surface area contributed by atoms with Crippen LogP contribution in [0.5, 0.6) is 5.75 Å². The summed E-state index contributed by atoms with van der Waals surface area (Å²) in [6.45, 7) is 2.34. The highest BCUT2D eigenvalue weighted by Crippen LogP contribution is 2.34. The molecule has 0 saturated carbocycles. The highest BCUT2D eigenvalue weighted by atomic mass is 16.5. The molecule has 0 spiro atoms. The molecule has 3 aromatic rings. The average molecular weight is 431 g/mol. The molecule has 164 valence electrons. The molecule has 1 atom stereocenters. The fourth-order valence-electron chi connectivity index (χ4n) is 4.10. The SMILES string of the molecule is COc1cc(C(=O)N2CCOCC2)ccc1Nc1cncc(C2Cc3ccccc3N2)n1. The lowest BCUT2D eigenvalue weighted by Gasteiger charge is -2.27. The number of carbonyl (C=O) groups excluding carboxylic acids is 1. The first-order valence-electron chi connectivity index (χ1n) is 10.7. The zero-order valence-electron chi connectivity index (χ0n) is 17.9. The van der Waals surface area contributed by atoms with Crippen molar-refractivity contribution in [1.29, 1.82) is 0 Å². The molecule has 1 unspecified atom stereocenters. The molecule has 1 fully saturated rings. The number of anilines is 3. The van der Waals surface area contributed by atoms with Crippen LogP contribution in [-0.2, 0) is 11.2 Å². The Morgan fingerprint density at radius 1 is 1.19 bits per heavy atom. The third-order valence-electron chi connectivity index (χ3n) is 5.79. The van der Waals surface area contributed by atoms with Crippen molar-refractivity contribution in [3.63, 3.8) is 0 Å². The maximum Gasteiger partial charge on any atom is 0.254 e. The van der Waals surface area contributed by atoms with E-state index in [1.807, 2.05) is 18.2 Å². The summed E-state index contributed by atoms with van der Waals surface area (Å²) < 4.78 is 10.9. The molecular weight excluding hydrogens is 406 g/mol. The van der Waals surface area contributed by atoms with Crippen LogP contribution in [0.1, 0.15) is 27.7 Å². The summed E-state index contributed by atoms with van der Waals surface area (Å²) in [5.41, 5.74) is 4.59. The first kappa shape index (κ1) is 20.3. The van der Waals surface area contributed by atoms with E-state index in [4.69, 9.17) is 14.5 Å². The molecule has 1 amide bonds. The van der Waals surface area contributed by atoms with Crippen molar-refractivity contribution in [2.24, 2.45) is 0 Å². The summed E-state index contributed by atoms with van der Waals surface area (Å²) in [4.78, 5) is 23.7. The number of nitrogens with zero attached hydrogens (tertiary/aromatic N) is 3. The van der Waals surface area contributed by atoms with Crippen molar-refractivity contribution in [1.82, 2.24) is 14.9 Å². The molecule has 32 heavy (non-hydrogen) atoms. The van der Waals surface area contributed by atoms with E-state index in [2.05, 4.69) is 27.8 Å². The first-order chi connectivity index (χ1) is 15.7. The number of aromatic nitrogens is 2. The van der Waals surface area contributed by atoms with Gasteiger partial charge >= 0.3 is 0 Å². The zero-order valence-corrected chi connectivity index (χ0v) is 17.9. The van der Waals surface area contributed by atoms with E-state index in [1.165, 1.54) is 5.56 Å². The number of carbonyl (C=O) groups is 1. The van der Waals surface area contributed by atoms with Gasteiger partial charge in [0.25, 0.3) is 5.91 Å². The van der Waals surface area contributed by atoms with Gasteiger partial charge < -0.3 is 25.0 Å². The quantitative estimate of drug-likeness (QED) is 0.640. The molecule has 8 heteroatoms. The number of morpholine rings is 1. The highest BCUT2D eigenvalue weighted by molar-refractivity contribution is 5.95. The van der Waals surface area contributed by atoms with Gasteiger partial charge in [-0.05, 0) is 29.8 Å². The molecule has 2 aliphatic rings. The van der Waals surface area contributed by atoms with Gasteiger partial charge in [0.15, 0.2) is 0 Å². The Morgan fingerprint density at radius 3 is 2.84 bits per heavy atom. The number of hydrogen-bond donors (Lipinski definition) is 2. The largest absolute Gasteiger partial charge is 0.495 e. The maximum absolute atomic E-state index is 12.8. The standard InChI is InChI=1S/C24H25N5O3/c1-31-22-13-17(24(30)29-8-10-32-11-9-29)6-7-19(22)27-23-15-25-14-21(28-23)20-12-16-4-2-3-5-18(16)26-20/h2-7,13-15,20,26H,8-12H2,1H3,(H,27,28). The van der Waals surface area contributed by atoms with Crippen molar-refractivity contribution < 1.29 is 14.3 Å². The second-order valence-electron chi connectivity index (χ2n) is 7.83. The highest BCUT2D eigenvalue weighted by Gasteiger charge is 2.23. The van der Waals surface area contributed by atoms with Crippen LogP contribution in [0.3, 0.4) is 0 Å². The number of nitrogens with one attached hydrogen (secondary N) is 2. The van der Waals surface area contributed by atoms with Gasteiger partial charge in [0.05, 0.1) is 50.1 Å². The van der Waals surface area contributed by atoms with E-state index >= 15 is 0 Å². The molecule has 0 bridgehead atoms. The van der Waals surface area contributed by atoms with Crippen LogP contribution in [0.2, 0.25) is 0 Å². The van der Waals surface area contributed by atoms with Gasteiger partial charge in [0, 0.05) is 30.8 Å². The smallest absolute Gasteiger partial charge is 0.254 e. The van der Waals surface area contributed by atoms with Crippen molar-refractivity contribution >= 4 is 23.1 Å². The molecule has 0 radical (unpaired) electrons. The molecular formula is C24H25N5O3. The van der Waals surface area contributed by atoms with Crippen molar-refractivity contribution in [3.8, 4) is 5.75 Å². The Morgan fingerprint density at radius 2 is 2.03 bits per heavy atom. The molecule has 1 aromatic heterocycles. The van der Waals surface area contributed by atoms with Crippen molar-refractivity contribution in [3.05, 3.63) is 71.7 Å². The van der Waals surface area contributed by atoms with E-state index in [0.29, 0.717) is 43.4 Å². The van der Waals surface area contributed by atoms with Crippen LogP contribution >= 0.6 is 0 Å². The van der Waals surface area contributed by atoms with E-state index in [0.717, 1.165) is 23.5 Å². The number of ether oxygens (including phenoxy) is 2. The summed E-state index contributed by atoms with van der Waals surface area (Å²) >= 11 is 0. The summed E-state index contributed by atoms with van der Waals surface area (Å²) in [7, 11) is 1.59. The fourth-order valence-corrected chi connectivity index (χ4v) is 4.10. The van der Waals surface area contributed by atoms with Crippen LogP contribution < -0.4 is 15.4 Å². The number of rotatable bonds is 5. The van der Waals surface area contributed by atoms with Crippen LogP contribution in [0.15, 0.2) is 54.9 Å². The number of para-hydroxylation sites is 1. The Labute approximate surface area is 186 Å².